The van der Waals surface area contributed by atoms with Crippen molar-refractivity contribution in [1.29, 1.82) is 0 Å². The van der Waals surface area contributed by atoms with Gasteiger partial charge in [-0.25, -0.2) is 8.42 Å². The van der Waals surface area contributed by atoms with Crippen molar-refractivity contribution in [2.24, 2.45) is 5.92 Å². The summed E-state index contributed by atoms with van der Waals surface area (Å²) in [6, 6.07) is 0. The molecule has 0 bridgehead atoms. The summed E-state index contributed by atoms with van der Waals surface area (Å²) < 4.78 is 27.3. The van der Waals surface area contributed by atoms with Gasteiger partial charge in [0, 0.05) is 55.7 Å². The van der Waals surface area contributed by atoms with Gasteiger partial charge in [-0.1, -0.05) is 0 Å². The van der Waals surface area contributed by atoms with Gasteiger partial charge < -0.3 is 9.64 Å². The Morgan fingerprint density at radius 1 is 1.26 bits per heavy atom. The second-order valence-electron chi connectivity index (χ2n) is 5.07. The molecule has 2 rings (SSSR count). The molecule has 1 amide bonds. The molecule has 1 unspecified atom stereocenters. The monoisotopic (exact) mass is 310 g/mol. The van der Waals surface area contributed by atoms with Gasteiger partial charge in [-0.2, -0.15) is 0 Å². The van der Waals surface area contributed by atoms with E-state index in [0.717, 1.165) is 32.8 Å². The van der Waals surface area contributed by atoms with E-state index in [1.165, 1.54) is 0 Å². The van der Waals surface area contributed by atoms with Crippen molar-refractivity contribution in [3.63, 3.8) is 0 Å². The third-order valence-electron chi connectivity index (χ3n) is 3.52. The first-order valence-corrected chi connectivity index (χ1v) is 8.92. The molecule has 0 radical (unpaired) electrons. The summed E-state index contributed by atoms with van der Waals surface area (Å²) in [6.45, 7) is 5.22. The fourth-order valence-corrected chi connectivity index (χ4v) is 3.87. The minimum atomic E-state index is -3.52. The molecule has 19 heavy (non-hydrogen) atoms. The van der Waals surface area contributed by atoms with Gasteiger partial charge in [0.05, 0.1) is 19.0 Å². The van der Waals surface area contributed by atoms with Crippen LogP contribution in [0.4, 0.5) is 0 Å². The second-order valence-corrected chi connectivity index (χ2v) is 7.89. The second kappa shape index (κ2) is 6.39. The molecule has 2 fully saturated rings. The lowest BCUT2D eigenvalue weighted by Crippen LogP contribution is -2.41. The Labute approximate surface area is 118 Å². The zero-order valence-electron chi connectivity index (χ0n) is 10.8. The van der Waals surface area contributed by atoms with Crippen molar-refractivity contribution in [1.82, 2.24) is 9.80 Å². The van der Waals surface area contributed by atoms with Crippen LogP contribution in [0.15, 0.2) is 0 Å². The number of amides is 1. The summed E-state index contributed by atoms with van der Waals surface area (Å²) in [5.74, 6) is -0.257. The van der Waals surface area contributed by atoms with Crippen LogP contribution in [0.1, 0.15) is 6.42 Å². The Hall–Kier alpha value is -0.370. The first kappa shape index (κ1) is 15.0. The van der Waals surface area contributed by atoms with E-state index in [4.69, 9.17) is 15.4 Å². The van der Waals surface area contributed by atoms with Crippen LogP contribution in [0.2, 0.25) is 0 Å². The lowest BCUT2D eigenvalue weighted by Gasteiger charge is -2.28. The van der Waals surface area contributed by atoms with Gasteiger partial charge >= 0.3 is 0 Å². The van der Waals surface area contributed by atoms with Crippen LogP contribution in [0, 0.1) is 5.92 Å². The van der Waals surface area contributed by atoms with E-state index in [9.17, 15) is 13.2 Å². The van der Waals surface area contributed by atoms with Crippen LogP contribution in [0.5, 0.6) is 0 Å². The van der Waals surface area contributed by atoms with Crippen LogP contribution in [0.25, 0.3) is 0 Å². The first-order chi connectivity index (χ1) is 8.94. The molecule has 2 saturated heterocycles. The molecule has 0 aromatic carbocycles. The predicted molar refractivity (Wildman–Crippen MR) is 71.6 cm³/mol. The Kier molecular flexibility index (Phi) is 5.05. The lowest BCUT2D eigenvalue weighted by molar-refractivity contribution is -0.128. The zero-order chi connectivity index (χ0) is 13.9. The van der Waals surface area contributed by atoms with Gasteiger partial charge in [-0.15, -0.1) is 0 Å². The minimum Gasteiger partial charge on any atom is -0.379 e. The third kappa shape index (κ3) is 4.91. The maximum atomic E-state index is 11.8. The molecule has 0 aliphatic carbocycles. The van der Waals surface area contributed by atoms with E-state index in [1.807, 2.05) is 0 Å². The van der Waals surface area contributed by atoms with Crippen molar-refractivity contribution >= 4 is 25.6 Å². The van der Waals surface area contributed by atoms with Crippen LogP contribution in [-0.4, -0.2) is 75.8 Å². The number of hydrogen-bond acceptors (Lipinski definition) is 5. The fraction of sp³-hybridized carbons (Fsp3) is 0.909. The van der Waals surface area contributed by atoms with Crippen molar-refractivity contribution < 1.29 is 17.9 Å². The standard InChI is InChI=1S/C11H19ClN2O4S/c12-19(16,17)9-10-7-11(15)14(8-10)2-1-13-3-5-18-6-4-13/h10H,1-9H2. The molecule has 8 heteroatoms. The maximum absolute atomic E-state index is 11.8. The normalized spacial score (nSPS) is 26.1. The number of morpholine rings is 1. The fourth-order valence-electron chi connectivity index (χ4n) is 2.55. The molecule has 0 N–H and O–H groups in total. The van der Waals surface area contributed by atoms with E-state index in [2.05, 4.69) is 4.90 Å². The molecule has 1 atom stereocenters. The smallest absolute Gasteiger partial charge is 0.232 e. The number of carbonyl (C=O) groups excluding carboxylic acids is 1. The molecule has 2 aliphatic heterocycles. The molecule has 6 nitrogen and oxygen atoms in total. The van der Waals surface area contributed by atoms with Crippen molar-refractivity contribution in [2.75, 3.05) is 51.7 Å². The van der Waals surface area contributed by atoms with Crippen molar-refractivity contribution in [3.05, 3.63) is 0 Å². The lowest BCUT2D eigenvalue weighted by atomic mass is 10.1. The Bertz CT molecular complexity index is 422. The number of hydrogen-bond donors (Lipinski definition) is 0. The number of ether oxygens (including phenoxy) is 1. The van der Waals surface area contributed by atoms with E-state index >= 15 is 0 Å². The quantitative estimate of drug-likeness (QED) is 0.654. The van der Waals surface area contributed by atoms with Crippen molar-refractivity contribution in [2.45, 2.75) is 6.42 Å². The zero-order valence-corrected chi connectivity index (χ0v) is 12.3. The van der Waals surface area contributed by atoms with E-state index < -0.39 is 9.05 Å². The number of rotatable bonds is 5. The highest BCUT2D eigenvalue weighted by molar-refractivity contribution is 8.13. The van der Waals surface area contributed by atoms with Gasteiger partial charge in [0.1, 0.15) is 0 Å². The minimum absolute atomic E-state index is 0.0265. The topological polar surface area (TPSA) is 66.9 Å². The van der Waals surface area contributed by atoms with Gasteiger partial charge in [0.2, 0.25) is 15.0 Å². The summed E-state index contributed by atoms with van der Waals surface area (Å²) in [5, 5.41) is 0. The van der Waals surface area contributed by atoms with E-state index in [0.29, 0.717) is 13.1 Å². The molecular weight excluding hydrogens is 292 g/mol. The summed E-state index contributed by atoms with van der Waals surface area (Å²) in [5.41, 5.74) is 0. The molecular formula is C11H19ClN2O4S. The molecule has 0 aromatic heterocycles. The number of halogens is 1. The van der Waals surface area contributed by atoms with E-state index in [-0.39, 0.29) is 24.0 Å². The molecule has 2 aliphatic rings. The molecule has 0 saturated carbocycles. The number of likely N-dealkylation sites (tertiary alicyclic amines) is 1. The first-order valence-electron chi connectivity index (χ1n) is 6.44. The van der Waals surface area contributed by atoms with E-state index in [1.54, 1.807) is 4.90 Å². The van der Waals surface area contributed by atoms with Gasteiger partial charge in [-0.3, -0.25) is 9.69 Å². The SMILES string of the molecule is O=C1CC(CS(=O)(=O)Cl)CN1CCN1CCOCC1. The highest BCUT2D eigenvalue weighted by Gasteiger charge is 2.32. The maximum Gasteiger partial charge on any atom is 0.232 e. The van der Waals surface area contributed by atoms with Crippen LogP contribution in [0.3, 0.4) is 0 Å². The summed E-state index contributed by atoms with van der Waals surface area (Å²) in [4.78, 5) is 15.8. The van der Waals surface area contributed by atoms with Gasteiger partial charge in [0.15, 0.2) is 0 Å². The summed E-state index contributed by atoms with van der Waals surface area (Å²) in [7, 11) is 1.70. The number of nitrogens with zero attached hydrogens (tertiary/aromatic N) is 2. The Morgan fingerprint density at radius 2 is 1.95 bits per heavy atom. The van der Waals surface area contributed by atoms with Crippen LogP contribution >= 0.6 is 10.7 Å². The van der Waals surface area contributed by atoms with Crippen LogP contribution < -0.4 is 0 Å². The predicted octanol–water partition coefficient (Wildman–Crippen LogP) is -0.264. The Morgan fingerprint density at radius 3 is 2.58 bits per heavy atom. The van der Waals surface area contributed by atoms with Gasteiger partial charge in [0.25, 0.3) is 0 Å². The number of carbonyl (C=O) groups is 1. The molecule has 110 valence electrons. The molecule has 0 spiro atoms. The highest BCUT2D eigenvalue weighted by Crippen LogP contribution is 2.20. The average molecular weight is 311 g/mol. The average Bonchev–Trinajstić information content (AvgIpc) is 2.66. The van der Waals surface area contributed by atoms with Crippen LogP contribution in [-0.2, 0) is 18.6 Å². The Balaban J connectivity index is 1.76. The highest BCUT2D eigenvalue weighted by atomic mass is 35.7. The third-order valence-corrected chi connectivity index (χ3v) is 4.77. The summed E-state index contributed by atoms with van der Waals surface area (Å²) >= 11 is 0. The van der Waals surface area contributed by atoms with Gasteiger partial charge in [-0.05, 0) is 0 Å². The summed E-state index contributed by atoms with van der Waals surface area (Å²) in [6.07, 6.45) is 0.287. The molecule has 0 aromatic rings. The van der Waals surface area contributed by atoms with Crippen molar-refractivity contribution in [3.8, 4) is 0 Å². The molecule has 2 heterocycles. The largest absolute Gasteiger partial charge is 0.379 e.